The SMILES string of the molecule is CB(C)C1=Cc2ccccc2C1. The van der Waals surface area contributed by atoms with Gasteiger partial charge in [-0.15, -0.1) is 0 Å². The van der Waals surface area contributed by atoms with Crippen molar-refractivity contribution in [1.82, 2.24) is 0 Å². The number of benzene rings is 1. The number of allylic oxidation sites excluding steroid dienone is 1. The first-order valence-corrected chi connectivity index (χ1v) is 4.56. The van der Waals surface area contributed by atoms with Crippen molar-refractivity contribution in [2.45, 2.75) is 20.1 Å². The van der Waals surface area contributed by atoms with E-state index >= 15 is 0 Å². The fourth-order valence-corrected chi connectivity index (χ4v) is 1.68. The molecule has 1 aromatic rings. The zero-order chi connectivity index (χ0) is 8.55. The summed E-state index contributed by atoms with van der Waals surface area (Å²) < 4.78 is 0. The molecule has 0 fully saturated rings. The van der Waals surface area contributed by atoms with Gasteiger partial charge < -0.3 is 0 Å². The van der Waals surface area contributed by atoms with E-state index in [0.29, 0.717) is 6.71 Å². The molecule has 1 aliphatic carbocycles. The third-order valence-corrected chi connectivity index (χ3v) is 2.53. The van der Waals surface area contributed by atoms with Crippen LogP contribution in [0.2, 0.25) is 13.6 Å². The summed E-state index contributed by atoms with van der Waals surface area (Å²) in [5.74, 6) is 0. The van der Waals surface area contributed by atoms with E-state index < -0.39 is 0 Å². The van der Waals surface area contributed by atoms with Crippen molar-refractivity contribution in [2.75, 3.05) is 0 Å². The molecule has 0 N–H and O–H groups in total. The van der Waals surface area contributed by atoms with E-state index in [-0.39, 0.29) is 0 Å². The highest BCUT2D eigenvalue weighted by molar-refractivity contribution is 6.65. The molecule has 12 heavy (non-hydrogen) atoms. The molecule has 2 rings (SSSR count). The van der Waals surface area contributed by atoms with Crippen LogP contribution in [0.4, 0.5) is 0 Å². The average molecular weight is 156 g/mol. The summed E-state index contributed by atoms with van der Waals surface area (Å²) >= 11 is 0. The highest BCUT2D eigenvalue weighted by Crippen LogP contribution is 2.25. The molecule has 1 aromatic carbocycles. The largest absolute Gasteiger partial charge is 0.164 e. The summed E-state index contributed by atoms with van der Waals surface area (Å²) in [5.41, 5.74) is 4.47. The highest BCUT2D eigenvalue weighted by Gasteiger charge is 2.15. The Kier molecular flexibility index (Phi) is 1.80. The van der Waals surface area contributed by atoms with Gasteiger partial charge in [0.05, 0.1) is 0 Å². The standard InChI is InChI=1S/C11H13B/c1-12(2)11-7-9-5-3-4-6-10(9)8-11/h3-7H,8H2,1-2H3. The van der Waals surface area contributed by atoms with Gasteiger partial charge in [0.15, 0.2) is 6.71 Å². The minimum atomic E-state index is 0.692. The van der Waals surface area contributed by atoms with Gasteiger partial charge in [0.2, 0.25) is 0 Å². The normalized spacial score (nSPS) is 14.0. The van der Waals surface area contributed by atoms with Crippen molar-refractivity contribution in [3.05, 3.63) is 40.9 Å². The number of hydrogen-bond acceptors (Lipinski definition) is 0. The predicted molar refractivity (Wildman–Crippen MR) is 55.6 cm³/mol. The fourth-order valence-electron chi connectivity index (χ4n) is 1.68. The van der Waals surface area contributed by atoms with Crippen molar-refractivity contribution < 1.29 is 0 Å². The number of rotatable bonds is 1. The quantitative estimate of drug-likeness (QED) is 0.548. The lowest BCUT2D eigenvalue weighted by Crippen LogP contribution is -2.04. The molecule has 0 bridgehead atoms. The van der Waals surface area contributed by atoms with Gasteiger partial charge in [-0.3, -0.25) is 0 Å². The molecule has 0 saturated heterocycles. The van der Waals surface area contributed by atoms with Crippen LogP contribution in [0.1, 0.15) is 11.1 Å². The zero-order valence-electron chi connectivity index (χ0n) is 7.67. The topological polar surface area (TPSA) is 0 Å². The minimum Gasteiger partial charge on any atom is -0.0968 e. The smallest absolute Gasteiger partial charge is 0.0968 e. The Morgan fingerprint density at radius 2 is 1.92 bits per heavy atom. The third-order valence-electron chi connectivity index (χ3n) is 2.53. The van der Waals surface area contributed by atoms with Crippen LogP contribution < -0.4 is 0 Å². The molecule has 0 saturated carbocycles. The van der Waals surface area contributed by atoms with Gasteiger partial charge in [-0.25, -0.2) is 0 Å². The molecular formula is C11H13B. The van der Waals surface area contributed by atoms with Gasteiger partial charge in [0, 0.05) is 0 Å². The van der Waals surface area contributed by atoms with Gasteiger partial charge in [0.25, 0.3) is 0 Å². The first-order valence-electron chi connectivity index (χ1n) is 4.56. The summed E-state index contributed by atoms with van der Waals surface area (Å²) in [6.07, 6.45) is 3.49. The maximum absolute atomic E-state index is 2.33. The van der Waals surface area contributed by atoms with E-state index in [1.165, 1.54) is 11.1 Å². The number of hydrogen-bond donors (Lipinski definition) is 0. The Morgan fingerprint density at radius 1 is 1.17 bits per heavy atom. The van der Waals surface area contributed by atoms with Crippen molar-refractivity contribution in [3.63, 3.8) is 0 Å². The van der Waals surface area contributed by atoms with E-state index in [1.807, 2.05) is 0 Å². The molecule has 60 valence electrons. The van der Waals surface area contributed by atoms with Gasteiger partial charge in [-0.05, 0) is 17.5 Å². The van der Waals surface area contributed by atoms with Crippen LogP contribution >= 0.6 is 0 Å². The predicted octanol–water partition coefficient (Wildman–Crippen LogP) is 2.92. The zero-order valence-corrected chi connectivity index (χ0v) is 7.67. The molecule has 0 spiro atoms. The van der Waals surface area contributed by atoms with Gasteiger partial charge >= 0.3 is 0 Å². The molecule has 1 heteroatoms. The van der Waals surface area contributed by atoms with E-state index in [1.54, 1.807) is 5.47 Å². The second-order valence-electron chi connectivity index (χ2n) is 3.75. The number of fused-ring (bicyclic) bond motifs is 1. The molecule has 0 unspecified atom stereocenters. The Morgan fingerprint density at radius 3 is 2.58 bits per heavy atom. The van der Waals surface area contributed by atoms with Crippen LogP contribution in [0.3, 0.4) is 0 Å². The Balaban J connectivity index is 2.35. The second-order valence-corrected chi connectivity index (χ2v) is 3.75. The van der Waals surface area contributed by atoms with E-state index in [9.17, 15) is 0 Å². The van der Waals surface area contributed by atoms with Crippen LogP contribution in [0.15, 0.2) is 29.7 Å². The van der Waals surface area contributed by atoms with Crippen LogP contribution in [-0.2, 0) is 6.42 Å². The van der Waals surface area contributed by atoms with Gasteiger partial charge in [-0.1, -0.05) is 49.5 Å². The summed E-state index contributed by atoms with van der Waals surface area (Å²) in [6.45, 7) is 5.22. The fraction of sp³-hybridized carbons (Fsp3) is 0.273. The summed E-state index contributed by atoms with van der Waals surface area (Å²) in [6, 6.07) is 8.65. The first-order chi connectivity index (χ1) is 5.77. The molecule has 0 amide bonds. The van der Waals surface area contributed by atoms with Crippen LogP contribution in [-0.4, -0.2) is 6.71 Å². The van der Waals surface area contributed by atoms with Crippen LogP contribution in [0.25, 0.3) is 6.08 Å². The molecule has 0 aliphatic heterocycles. The molecule has 0 atom stereocenters. The average Bonchev–Trinajstić information content (AvgIpc) is 2.46. The van der Waals surface area contributed by atoms with Crippen molar-refractivity contribution in [3.8, 4) is 0 Å². The van der Waals surface area contributed by atoms with Crippen LogP contribution in [0.5, 0.6) is 0 Å². The minimum absolute atomic E-state index is 0.692. The Hall–Kier alpha value is -0.975. The van der Waals surface area contributed by atoms with E-state index in [0.717, 1.165) is 6.42 Å². The van der Waals surface area contributed by atoms with E-state index in [4.69, 9.17) is 0 Å². The summed E-state index contributed by atoms with van der Waals surface area (Å²) in [5, 5.41) is 0. The molecule has 0 radical (unpaired) electrons. The van der Waals surface area contributed by atoms with Crippen LogP contribution in [0, 0.1) is 0 Å². The second kappa shape index (κ2) is 2.82. The van der Waals surface area contributed by atoms with Crippen molar-refractivity contribution in [1.29, 1.82) is 0 Å². The lowest BCUT2D eigenvalue weighted by atomic mass is 9.48. The molecule has 0 heterocycles. The Labute approximate surface area is 74.4 Å². The van der Waals surface area contributed by atoms with Crippen molar-refractivity contribution >= 4 is 12.8 Å². The van der Waals surface area contributed by atoms with E-state index in [2.05, 4.69) is 44.0 Å². The highest BCUT2D eigenvalue weighted by atomic mass is 14.1. The summed E-state index contributed by atoms with van der Waals surface area (Å²) in [4.78, 5) is 0. The van der Waals surface area contributed by atoms with Gasteiger partial charge in [0.1, 0.15) is 0 Å². The van der Waals surface area contributed by atoms with Gasteiger partial charge in [-0.2, -0.15) is 0 Å². The van der Waals surface area contributed by atoms with Crippen molar-refractivity contribution in [2.24, 2.45) is 0 Å². The summed E-state index contributed by atoms with van der Waals surface area (Å²) in [7, 11) is 0. The lowest BCUT2D eigenvalue weighted by molar-refractivity contribution is 1.27. The third kappa shape index (κ3) is 1.20. The first kappa shape index (κ1) is 7.66. The maximum Gasteiger partial charge on any atom is 0.164 e. The lowest BCUT2D eigenvalue weighted by Gasteiger charge is -2.00. The molecule has 1 aliphatic rings. The molecule has 0 aromatic heterocycles. The maximum atomic E-state index is 2.33. The monoisotopic (exact) mass is 156 g/mol. The Bertz CT molecular complexity index is 324. The molecular weight excluding hydrogens is 143 g/mol. The molecule has 0 nitrogen and oxygen atoms in total.